The molecule has 0 spiro atoms. The topological polar surface area (TPSA) is 3.24 Å². The van der Waals surface area contributed by atoms with Crippen molar-refractivity contribution in [1.29, 1.82) is 0 Å². The second-order valence-electron chi connectivity index (χ2n) is 15.6. The lowest BCUT2D eigenvalue weighted by Gasteiger charge is -2.29. The Kier molecular flexibility index (Phi) is 9.82. The molecule has 0 aliphatic heterocycles. The first kappa shape index (κ1) is 37.2. The van der Waals surface area contributed by atoms with Crippen molar-refractivity contribution in [1.82, 2.24) is 0 Å². The summed E-state index contributed by atoms with van der Waals surface area (Å²) in [5.74, 6) is 0. The van der Waals surface area contributed by atoms with E-state index >= 15 is 0 Å². The van der Waals surface area contributed by atoms with Crippen LogP contribution in [-0.2, 0) is 0 Å². The van der Waals surface area contributed by atoms with Gasteiger partial charge >= 0.3 is 0 Å². The van der Waals surface area contributed by atoms with Gasteiger partial charge in [0.2, 0.25) is 0 Å². The zero-order valence-corrected chi connectivity index (χ0v) is 34.8. The van der Waals surface area contributed by atoms with Gasteiger partial charge in [0.05, 0.1) is 5.69 Å². The number of fused-ring (bicyclic) bond motifs is 3. The van der Waals surface area contributed by atoms with Crippen LogP contribution in [0, 0.1) is 0 Å². The zero-order chi connectivity index (χ0) is 41.2. The van der Waals surface area contributed by atoms with Crippen LogP contribution in [0.3, 0.4) is 0 Å². The van der Waals surface area contributed by atoms with Gasteiger partial charge in [-0.3, -0.25) is 0 Å². The maximum absolute atomic E-state index is 2.42. The fourth-order valence-corrected chi connectivity index (χ4v) is 10.2. The molecule has 2 heteroatoms. The van der Waals surface area contributed by atoms with E-state index in [1.54, 1.807) is 0 Å². The molecule has 292 valence electrons. The standard InChI is InChI=1S/C60H41NS/c1-5-17-42(18-6-1)43-31-36-49(37-32-43)61(50-38-33-46(34-39-50)53-28-16-29-55-54-25-13-14-30-58(54)62-60(53)55)57-40-35-48(41-56(57)45-21-9-3-10-22-45)52-27-15-26-51(44-19-7-2-8-20-44)59(52)47-23-11-4-12-24-47/h1-41H. The lowest BCUT2D eigenvalue weighted by molar-refractivity contribution is 1.28. The van der Waals surface area contributed by atoms with Crippen molar-refractivity contribution in [3.05, 3.63) is 249 Å². The summed E-state index contributed by atoms with van der Waals surface area (Å²) in [5.41, 5.74) is 17.6. The first-order chi connectivity index (χ1) is 30.8. The quantitative estimate of drug-likeness (QED) is 0.140. The lowest BCUT2D eigenvalue weighted by atomic mass is 9.86. The Morgan fingerprint density at radius 2 is 0.710 bits per heavy atom. The van der Waals surface area contributed by atoms with Crippen molar-refractivity contribution in [2.24, 2.45) is 0 Å². The molecule has 1 nitrogen and oxygen atoms in total. The number of hydrogen-bond acceptors (Lipinski definition) is 2. The molecule has 0 saturated carbocycles. The first-order valence-electron chi connectivity index (χ1n) is 21.2. The smallest absolute Gasteiger partial charge is 0.0540 e. The van der Waals surface area contributed by atoms with E-state index in [9.17, 15) is 0 Å². The fraction of sp³-hybridized carbons (Fsp3) is 0. The normalized spacial score (nSPS) is 11.2. The Balaban J connectivity index is 1.09. The summed E-state index contributed by atoms with van der Waals surface area (Å²) in [7, 11) is 0. The van der Waals surface area contributed by atoms with E-state index in [-0.39, 0.29) is 0 Å². The maximum atomic E-state index is 2.42. The maximum Gasteiger partial charge on any atom is 0.0540 e. The molecular weight excluding hydrogens is 767 g/mol. The summed E-state index contributed by atoms with van der Waals surface area (Å²) in [4.78, 5) is 2.42. The van der Waals surface area contributed by atoms with E-state index < -0.39 is 0 Å². The van der Waals surface area contributed by atoms with Crippen LogP contribution in [0.15, 0.2) is 249 Å². The van der Waals surface area contributed by atoms with Crippen LogP contribution >= 0.6 is 11.3 Å². The molecule has 0 unspecified atom stereocenters. The Morgan fingerprint density at radius 3 is 1.35 bits per heavy atom. The molecule has 1 aromatic heterocycles. The van der Waals surface area contributed by atoms with Crippen LogP contribution < -0.4 is 4.90 Å². The molecular formula is C60H41NS. The van der Waals surface area contributed by atoms with Gasteiger partial charge in [-0.1, -0.05) is 206 Å². The third kappa shape index (κ3) is 6.97. The minimum Gasteiger partial charge on any atom is -0.310 e. The molecule has 0 aliphatic carbocycles. The van der Waals surface area contributed by atoms with Crippen LogP contribution in [-0.4, -0.2) is 0 Å². The molecule has 0 N–H and O–H groups in total. The Labute approximate surface area is 367 Å². The van der Waals surface area contributed by atoms with Crippen LogP contribution in [0.4, 0.5) is 17.1 Å². The van der Waals surface area contributed by atoms with E-state index in [0.29, 0.717) is 0 Å². The molecule has 0 saturated heterocycles. The lowest BCUT2D eigenvalue weighted by Crippen LogP contribution is -2.11. The third-order valence-corrected chi connectivity index (χ3v) is 13.1. The summed E-state index contributed by atoms with van der Waals surface area (Å²) in [6, 6.07) is 90.3. The molecule has 11 aromatic rings. The number of rotatable bonds is 9. The Hall–Kier alpha value is -7.78. The largest absolute Gasteiger partial charge is 0.310 e. The molecule has 0 bridgehead atoms. The van der Waals surface area contributed by atoms with Crippen molar-refractivity contribution >= 4 is 48.6 Å². The van der Waals surface area contributed by atoms with Gasteiger partial charge in [-0.05, 0) is 104 Å². The average Bonchev–Trinajstić information content (AvgIpc) is 3.75. The second kappa shape index (κ2) is 16.3. The molecule has 0 radical (unpaired) electrons. The third-order valence-electron chi connectivity index (χ3n) is 11.9. The minimum absolute atomic E-state index is 1.09. The molecule has 11 rings (SSSR count). The highest BCUT2D eigenvalue weighted by Gasteiger charge is 2.21. The van der Waals surface area contributed by atoms with E-state index in [1.165, 1.54) is 70.2 Å². The highest BCUT2D eigenvalue weighted by molar-refractivity contribution is 7.26. The number of anilines is 3. The van der Waals surface area contributed by atoms with Crippen LogP contribution in [0.25, 0.3) is 86.9 Å². The first-order valence-corrected chi connectivity index (χ1v) is 22.0. The predicted molar refractivity (Wildman–Crippen MR) is 267 cm³/mol. The zero-order valence-electron chi connectivity index (χ0n) is 34.0. The van der Waals surface area contributed by atoms with Gasteiger partial charge in [0.15, 0.2) is 0 Å². The summed E-state index contributed by atoms with van der Waals surface area (Å²) < 4.78 is 2.64. The summed E-state index contributed by atoms with van der Waals surface area (Å²) in [6.45, 7) is 0. The summed E-state index contributed by atoms with van der Waals surface area (Å²) >= 11 is 1.87. The Morgan fingerprint density at radius 1 is 0.274 bits per heavy atom. The SMILES string of the molecule is c1ccc(-c2ccc(N(c3ccc(-c4cccc5c4sc4ccccc45)cc3)c3ccc(-c4cccc(-c5ccccc5)c4-c4ccccc4)cc3-c3ccccc3)cc2)cc1. The molecule has 0 amide bonds. The van der Waals surface area contributed by atoms with E-state index in [1.807, 2.05) is 11.3 Å². The van der Waals surface area contributed by atoms with Crippen LogP contribution in [0.1, 0.15) is 0 Å². The van der Waals surface area contributed by atoms with E-state index in [2.05, 4.69) is 254 Å². The molecule has 0 atom stereocenters. The van der Waals surface area contributed by atoms with Crippen LogP contribution in [0.2, 0.25) is 0 Å². The highest BCUT2D eigenvalue weighted by Crippen LogP contribution is 2.47. The predicted octanol–water partition coefficient (Wildman–Crippen LogP) is 17.5. The van der Waals surface area contributed by atoms with Gasteiger partial charge < -0.3 is 4.90 Å². The number of nitrogens with zero attached hydrogens (tertiary/aromatic N) is 1. The number of thiophene rings is 1. The number of benzene rings is 10. The fourth-order valence-electron chi connectivity index (χ4n) is 8.94. The van der Waals surface area contributed by atoms with Crippen molar-refractivity contribution in [2.45, 2.75) is 0 Å². The molecule has 10 aromatic carbocycles. The minimum atomic E-state index is 1.09. The van der Waals surface area contributed by atoms with Gasteiger partial charge in [-0.15, -0.1) is 11.3 Å². The monoisotopic (exact) mass is 807 g/mol. The van der Waals surface area contributed by atoms with Crippen molar-refractivity contribution in [3.63, 3.8) is 0 Å². The van der Waals surface area contributed by atoms with Crippen LogP contribution in [0.5, 0.6) is 0 Å². The van der Waals surface area contributed by atoms with Gasteiger partial charge in [-0.25, -0.2) is 0 Å². The second-order valence-corrected chi connectivity index (χ2v) is 16.7. The average molecular weight is 808 g/mol. The van der Waals surface area contributed by atoms with Crippen molar-refractivity contribution in [2.75, 3.05) is 4.90 Å². The summed E-state index contributed by atoms with van der Waals surface area (Å²) in [5, 5.41) is 2.63. The summed E-state index contributed by atoms with van der Waals surface area (Å²) in [6.07, 6.45) is 0. The van der Waals surface area contributed by atoms with Gasteiger partial charge in [-0.2, -0.15) is 0 Å². The molecule has 0 aliphatic rings. The van der Waals surface area contributed by atoms with Gasteiger partial charge in [0.1, 0.15) is 0 Å². The number of hydrogen-bond donors (Lipinski definition) is 0. The molecule has 62 heavy (non-hydrogen) atoms. The molecule has 1 heterocycles. The van der Waals surface area contributed by atoms with Crippen molar-refractivity contribution in [3.8, 4) is 66.8 Å². The van der Waals surface area contributed by atoms with Gasteiger partial charge in [0.25, 0.3) is 0 Å². The van der Waals surface area contributed by atoms with Crippen molar-refractivity contribution < 1.29 is 0 Å². The van der Waals surface area contributed by atoms with Gasteiger partial charge in [0, 0.05) is 37.1 Å². The Bertz CT molecular complexity index is 3300. The van der Waals surface area contributed by atoms with E-state index in [0.717, 1.165) is 33.8 Å². The highest BCUT2D eigenvalue weighted by atomic mass is 32.1. The molecule has 0 fully saturated rings. The van der Waals surface area contributed by atoms with E-state index in [4.69, 9.17) is 0 Å².